The molecule has 0 saturated carbocycles. The molecule has 4 rings (SSSR count). The molecule has 2 aliphatic heterocycles. The van der Waals surface area contributed by atoms with Gasteiger partial charge >= 0.3 is 5.97 Å². The van der Waals surface area contributed by atoms with Gasteiger partial charge in [0, 0.05) is 18.0 Å². The molecule has 1 saturated heterocycles. The maximum atomic E-state index is 12.5. The number of aromatic carboxylic acids is 1. The largest absolute Gasteiger partial charge is 0.478 e. The first-order valence-corrected chi connectivity index (χ1v) is 11.3. The van der Waals surface area contributed by atoms with Gasteiger partial charge in [0.2, 0.25) is 0 Å². The molecule has 2 heterocycles. The van der Waals surface area contributed by atoms with Crippen molar-refractivity contribution in [2.75, 3.05) is 11.4 Å². The molecule has 5 nitrogen and oxygen atoms in total. The summed E-state index contributed by atoms with van der Waals surface area (Å²) < 4.78 is 0.588. The van der Waals surface area contributed by atoms with Crippen LogP contribution in [0.4, 0.5) is 5.69 Å². The van der Waals surface area contributed by atoms with Gasteiger partial charge in [0.15, 0.2) is 0 Å². The number of carboxylic acid groups (broad SMARTS) is 1. The quantitative estimate of drug-likeness (QED) is 0.498. The van der Waals surface area contributed by atoms with Crippen molar-refractivity contribution in [3.63, 3.8) is 0 Å². The lowest BCUT2D eigenvalue weighted by Crippen LogP contribution is -2.27. The van der Waals surface area contributed by atoms with Crippen LogP contribution in [0.5, 0.6) is 0 Å². The van der Waals surface area contributed by atoms with Crippen molar-refractivity contribution < 1.29 is 14.7 Å². The molecule has 0 aliphatic carbocycles. The van der Waals surface area contributed by atoms with Crippen LogP contribution in [0.3, 0.4) is 0 Å². The summed E-state index contributed by atoms with van der Waals surface area (Å²) in [6.45, 7) is 3.07. The third-order valence-corrected chi connectivity index (χ3v) is 7.27. The first-order chi connectivity index (χ1) is 14.5. The third kappa shape index (κ3) is 4.03. The maximum Gasteiger partial charge on any atom is 0.335 e. The minimum absolute atomic E-state index is 0.0549. The second-order valence-corrected chi connectivity index (χ2v) is 9.35. The summed E-state index contributed by atoms with van der Waals surface area (Å²) in [5.74, 6) is -0.991. The fourth-order valence-corrected chi connectivity index (χ4v) is 5.60. The average Bonchev–Trinajstić information content (AvgIpc) is 3.23. The molecule has 1 fully saturated rings. The van der Waals surface area contributed by atoms with Gasteiger partial charge in [-0.3, -0.25) is 9.69 Å². The first-order valence-electron chi connectivity index (χ1n) is 9.30. The monoisotopic (exact) mass is 454 g/mol. The Morgan fingerprint density at radius 2 is 1.80 bits per heavy atom. The smallest absolute Gasteiger partial charge is 0.335 e. The van der Waals surface area contributed by atoms with Crippen LogP contribution >= 0.6 is 35.7 Å². The molecule has 2 aromatic rings. The molecule has 0 atom stereocenters. The molecule has 0 radical (unpaired) electrons. The van der Waals surface area contributed by atoms with E-state index in [2.05, 4.69) is 17.0 Å². The van der Waals surface area contributed by atoms with Gasteiger partial charge in [-0.2, -0.15) is 0 Å². The van der Waals surface area contributed by atoms with Crippen molar-refractivity contribution >= 4 is 57.6 Å². The Kier molecular flexibility index (Phi) is 5.99. The fourth-order valence-electron chi connectivity index (χ4n) is 3.21. The summed E-state index contributed by atoms with van der Waals surface area (Å²) in [5.41, 5.74) is 2.36. The number of carboxylic acids is 1. The van der Waals surface area contributed by atoms with E-state index in [0.29, 0.717) is 22.3 Å². The van der Waals surface area contributed by atoms with Crippen molar-refractivity contribution in [2.24, 2.45) is 0 Å². The summed E-state index contributed by atoms with van der Waals surface area (Å²) in [4.78, 5) is 29.1. The Morgan fingerprint density at radius 1 is 1.07 bits per heavy atom. The van der Waals surface area contributed by atoms with E-state index in [0.717, 1.165) is 21.2 Å². The molecule has 0 unspecified atom stereocenters. The van der Waals surface area contributed by atoms with Crippen LogP contribution < -0.4 is 4.90 Å². The van der Waals surface area contributed by atoms with Gasteiger partial charge in [-0.1, -0.05) is 60.0 Å². The Morgan fingerprint density at radius 3 is 2.47 bits per heavy atom. The van der Waals surface area contributed by atoms with E-state index in [4.69, 9.17) is 17.3 Å². The Balaban J connectivity index is 1.63. The highest BCUT2D eigenvalue weighted by atomic mass is 32.2. The van der Waals surface area contributed by atoms with Crippen molar-refractivity contribution in [3.05, 3.63) is 81.7 Å². The van der Waals surface area contributed by atoms with Crippen LogP contribution in [0, 0.1) is 0 Å². The average molecular weight is 455 g/mol. The molecule has 0 bridgehead atoms. The molecule has 152 valence electrons. The molecule has 0 aromatic heterocycles. The van der Waals surface area contributed by atoms with Gasteiger partial charge < -0.3 is 10.0 Å². The zero-order valence-electron chi connectivity index (χ0n) is 16.1. The summed E-state index contributed by atoms with van der Waals surface area (Å²) >= 11 is 8.26. The minimum atomic E-state index is -0.936. The molecule has 2 aromatic carbocycles. The fraction of sp³-hybridized carbons (Fsp3) is 0.136. The number of carbonyl (C=O) groups is 2. The van der Waals surface area contributed by atoms with Crippen LogP contribution in [0.1, 0.15) is 22.8 Å². The highest BCUT2D eigenvalue weighted by Gasteiger charge is 2.31. The predicted molar refractivity (Wildman–Crippen MR) is 126 cm³/mol. The van der Waals surface area contributed by atoms with Crippen LogP contribution in [0.2, 0.25) is 0 Å². The molecule has 30 heavy (non-hydrogen) atoms. The number of fused-ring (bicyclic) bond motifs is 1. The second-order valence-electron chi connectivity index (χ2n) is 6.61. The number of hydrogen-bond donors (Lipinski definition) is 1. The number of amides is 1. The number of nitrogens with zero attached hydrogens (tertiary/aromatic N) is 2. The standard InChI is InChI=1S/C22H18N2O3S3/c1-2-23-20(25)18(30-22(23)28)11-12-19-24(16-5-3-4-6-17(16)29-19)13-14-7-9-15(10-8-14)21(26)27/h3-12H,2,13H2,1H3,(H,26,27). The highest BCUT2D eigenvalue weighted by Crippen LogP contribution is 2.46. The number of para-hydroxylation sites is 1. The topological polar surface area (TPSA) is 60.9 Å². The van der Waals surface area contributed by atoms with Gasteiger partial charge in [-0.05, 0) is 48.9 Å². The molecule has 1 amide bonds. The van der Waals surface area contributed by atoms with E-state index in [1.54, 1.807) is 28.8 Å². The lowest BCUT2D eigenvalue weighted by atomic mass is 10.1. The number of carbonyl (C=O) groups excluding carboxylic acids is 1. The van der Waals surface area contributed by atoms with Gasteiger partial charge in [-0.25, -0.2) is 4.79 Å². The summed E-state index contributed by atoms with van der Waals surface area (Å²) in [7, 11) is 0. The number of benzene rings is 2. The van der Waals surface area contributed by atoms with E-state index in [9.17, 15) is 9.59 Å². The van der Waals surface area contributed by atoms with E-state index >= 15 is 0 Å². The van der Waals surface area contributed by atoms with Crippen molar-refractivity contribution in [1.82, 2.24) is 4.90 Å². The van der Waals surface area contributed by atoms with Crippen LogP contribution in [0.15, 0.2) is 75.5 Å². The van der Waals surface area contributed by atoms with Crippen LogP contribution in [-0.2, 0) is 11.3 Å². The second kappa shape index (κ2) is 8.67. The lowest BCUT2D eigenvalue weighted by molar-refractivity contribution is -0.122. The van der Waals surface area contributed by atoms with Gasteiger partial charge in [0.05, 0.1) is 21.2 Å². The maximum absolute atomic E-state index is 12.5. The molecule has 1 N–H and O–H groups in total. The molecule has 0 spiro atoms. The molecule has 8 heteroatoms. The molecule has 2 aliphatic rings. The zero-order valence-corrected chi connectivity index (χ0v) is 18.5. The SMILES string of the molecule is CCN1C(=O)C(=CC=C2Sc3ccccc3N2Cc2ccc(C(=O)O)cc2)SC1=S. The summed E-state index contributed by atoms with van der Waals surface area (Å²) in [5, 5.41) is 10.1. The van der Waals surface area contributed by atoms with Crippen LogP contribution in [0.25, 0.3) is 0 Å². The van der Waals surface area contributed by atoms with E-state index < -0.39 is 5.97 Å². The number of hydrogen-bond acceptors (Lipinski definition) is 6. The van der Waals surface area contributed by atoms with Crippen molar-refractivity contribution in [3.8, 4) is 0 Å². The van der Waals surface area contributed by atoms with E-state index in [-0.39, 0.29) is 11.5 Å². The van der Waals surface area contributed by atoms with E-state index in [1.807, 2.05) is 43.3 Å². The Labute approximate surface area is 188 Å². The summed E-state index contributed by atoms with van der Waals surface area (Å²) in [6.07, 6.45) is 3.79. The number of thiocarbonyl (C=S) groups is 1. The highest BCUT2D eigenvalue weighted by molar-refractivity contribution is 8.26. The zero-order chi connectivity index (χ0) is 21.3. The third-order valence-electron chi connectivity index (χ3n) is 4.75. The number of allylic oxidation sites excluding steroid dienone is 2. The normalized spacial score (nSPS) is 18.6. The predicted octanol–water partition coefficient (Wildman–Crippen LogP) is 5.10. The van der Waals surface area contributed by atoms with Gasteiger partial charge in [-0.15, -0.1) is 0 Å². The number of anilines is 1. The number of thioether (sulfide) groups is 2. The molecular weight excluding hydrogens is 436 g/mol. The Hall–Kier alpha value is -2.55. The van der Waals surface area contributed by atoms with E-state index in [1.165, 1.54) is 11.8 Å². The molecular formula is C22H18N2O3S3. The first kappa shape index (κ1) is 20.7. The Bertz CT molecular complexity index is 1090. The number of rotatable bonds is 5. The van der Waals surface area contributed by atoms with Crippen molar-refractivity contribution in [2.45, 2.75) is 18.4 Å². The van der Waals surface area contributed by atoms with Gasteiger partial charge in [0.1, 0.15) is 4.32 Å². The minimum Gasteiger partial charge on any atom is -0.478 e. The summed E-state index contributed by atoms with van der Waals surface area (Å²) in [6, 6.07) is 15.0. The van der Waals surface area contributed by atoms with Gasteiger partial charge in [0.25, 0.3) is 5.91 Å². The lowest BCUT2D eigenvalue weighted by Gasteiger charge is -2.20. The van der Waals surface area contributed by atoms with Crippen molar-refractivity contribution in [1.29, 1.82) is 0 Å². The van der Waals surface area contributed by atoms with Crippen LogP contribution in [-0.4, -0.2) is 32.7 Å². The number of likely N-dealkylation sites (N-methyl/N-ethyl adjacent to an activating group) is 1.